The fourth-order valence-electron chi connectivity index (χ4n) is 5.87. The van der Waals surface area contributed by atoms with Crippen LogP contribution in [0.5, 0.6) is 11.5 Å². The third-order valence-electron chi connectivity index (χ3n) is 9.83. The van der Waals surface area contributed by atoms with E-state index in [2.05, 4.69) is 19.2 Å². The Morgan fingerprint density at radius 2 is 1.65 bits per heavy atom. The molecule has 14 nitrogen and oxygen atoms in total. The zero-order valence-corrected chi connectivity index (χ0v) is 32.9. The van der Waals surface area contributed by atoms with E-state index in [1.165, 1.54) is 4.90 Å². The number of hydrogen-bond donors (Lipinski definition) is 3. The lowest BCUT2D eigenvalue weighted by atomic mass is 9.80. The van der Waals surface area contributed by atoms with Crippen LogP contribution < -0.4 is 26.3 Å². The molecule has 0 bridgehead atoms. The van der Waals surface area contributed by atoms with Crippen molar-refractivity contribution in [1.82, 2.24) is 10.2 Å². The fraction of sp³-hybridized carbons (Fsp3) is 0.737. The first-order valence-corrected chi connectivity index (χ1v) is 18.3. The number of hydrogen-bond acceptors (Lipinski definition) is 11. The number of rotatable bonds is 22. The lowest BCUT2D eigenvalue weighted by Gasteiger charge is -2.33. The van der Waals surface area contributed by atoms with E-state index in [0.29, 0.717) is 44.0 Å². The second-order valence-corrected chi connectivity index (χ2v) is 15.3. The third kappa shape index (κ3) is 13.4. The molecular formula is C38H64N4O10. The predicted molar refractivity (Wildman–Crippen MR) is 196 cm³/mol. The van der Waals surface area contributed by atoms with Gasteiger partial charge in [-0.15, -0.1) is 0 Å². The van der Waals surface area contributed by atoms with Crippen molar-refractivity contribution in [3.8, 4) is 11.5 Å². The highest BCUT2D eigenvalue weighted by Gasteiger charge is 2.43. The van der Waals surface area contributed by atoms with Gasteiger partial charge in [0, 0.05) is 32.6 Å². The number of benzene rings is 1. The maximum absolute atomic E-state index is 13.5. The molecule has 1 aliphatic rings. The number of methoxy groups -OCH3 is 2. The van der Waals surface area contributed by atoms with Crippen molar-refractivity contribution in [2.24, 2.45) is 46.5 Å². The molecule has 1 aromatic carbocycles. The number of carbonyl (C=O) groups is 4. The topological polar surface area (TPSA) is 191 Å². The van der Waals surface area contributed by atoms with E-state index >= 15 is 0 Å². The summed E-state index contributed by atoms with van der Waals surface area (Å²) in [5, 5.41) is 2.90. The van der Waals surface area contributed by atoms with Crippen molar-refractivity contribution in [2.45, 2.75) is 99.3 Å². The minimum atomic E-state index is -0.923. The molecule has 1 heterocycles. The standard InChI is InChI=1S/C38H64N4O10/c1-23(2)27(16-26-12-13-30(48-10)32(17-26)49-15-11-14-47-9)18-29-31(19-28(24(3)4)34(43)41-20-38(7,8)36(40)45)50-21-42(29)37(46)52-22-51-35(44)33(39)25(5)6/h12-13,17,23-25,27-29,31,33H,11,14-16,18-22,39H2,1-10H3,(H2,40,45)(H,41,43). The van der Waals surface area contributed by atoms with Crippen LogP contribution in [0.15, 0.2) is 18.2 Å². The Labute approximate surface area is 309 Å². The summed E-state index contributed by atoms with van der Waals surface area (Å²) in [6.45, 7) is 15.6. The van der Waals surface area contributed by atoms with E-state index in [-0.39, 0.29) is 42.9 Å². The molecule has 0 aromatic heterocycles. The lowest BCUT2D eigenvalue weighted by Crippen LogP contribution is -2.47. The molecule has 1 fully saturated rings. The minimum Gasteiger partial charge on any atom is -0.493 e. The number of carbonyl (C=O) groups excluding carboxylic acids is 4. The molecular weight excluding hydrogens is 672 g/mol. The molecule has 296 valence electrons. The zero-order chi connectivity index (χ0) is 39.2. The number of nitrogens with two attached hydrogens (primary N) is 2. The van der Waals surface area contributed by atoms with Gasteiger partial charge in [0.05, 0.1) is 31.3 Å². The number of primary amides is 1. The first kappa shape index (κ1) is 44.5. The third-order valence-corrected chi connectivity index (χ3v) is 9.83. The molecule has 0 radical (unpaired) electrons. The highest BCUT2D eigenvalue weighted by molar-refractivity contribution is 5.83. The van der Waals surface area contributed by atoms with E-state index in [1.807, 2.05) is 32.0 Å². The average Bonchev–Trinajstić information content (AvgIpc) is 3.48. The summed E-state index contributed by atoms with van der Waals surface area (Å²) in [6.07, 6.45) is 1.04. The summed E-state index contributed by atoms with van der Waals surface area (Å²) < 4.78 is 33.5. The molecule has 1 aromatic rings. The molecule has 0 aliphatic carbocycles. The first-order valence-electron chi connectivity index (χ1n) is 18.3. The maximum atomic E-state index is 13.5. The number of nitrogens with zero attached hydrogens (tertiary/aromatic N) is 1. The van der Waals surface area contributed by atoms with Gasteiger partial charge in [-0.1, -0.05) is 47.6 Å². The van der Waals surface area contributed by atoms with Crippen molar-refractivity contribution in [1.29, 1.82) is 0 Å². The molecule has 1 saturated heterocycles. The van der Waals surface area contributed by atoms with Crippen molar-refractivity contribution >= 4 is 23.9 Å². The van der Waals surface area contributed by atoms with Crippen LogP contribution in [0.25, 0.3) is 0 Å². The highest BCUT2D eigenvalue weighted by atomic mass is 16.7. The van der Waals surface area contributed by atoms with Crippen LogP contribution in [-0.4, -0.2) is 94.5 Å². The van der Waals surface area contributed by atoms with E-state index in [4.69, 9.17) is 39.9 Å². The van der Waals surface area contributed by atoms with E-state index in [0.717, 1.165) is 12.0 Å². The summed E-state index contributed by atoms with van der Waals surface area (Å²) in [6, 6.07) is 4.57. The minimum absolute atomic E-state index is 0.0679. The quantitative estimate of drug-likeness (QED) is 0.0876. The Morgan fingerprint density at radius 3 is 2.23 bits per heavy atom. The normalized spacial score (nSPS) is 17.9. The number of nitrogens with one attached hydrogen (secondary N) is 1. The van der Waals surface area contributed by atoms with Gasteiger partial charge in [0.15, 0.2) is 11.5 Å². The van der Waals surface area contributed by atoms with Gasteiger partial charge in [-0.05, 0) is 74.5 Å². The van der Waals surface area contributed by atoms with Gasteiger partial charge in [0.1, 0.15) is 12.8 Å². The van der Waals surface area contributed by atoms with Crippen LogP contribution >= 0.6 is 0 Å². The van der Waals surface area contributed by atoms with Crippen LogP contribution in [0.1, 0.15) is 80.2 Å². The van der Waals surface area contributed by atoms with Crippen LogP contribution in [0.2, 0.25) is 0 Å². The SMILES string of the molecule is COCCCOc1cc(CC(CC2C(CC(C(=O)NCC(C)(C)C(N)=O)C(C)C)OCN2C(=O)OCOC(=O)C(N)C(C)C)C(C)C)ccc1OC. The molecule has 0 spiro atoms. The first-order chi connectivity index (χ1) is 24.4. The van der Waals surface area contributed by atoms with Crippen molar-refractivity contribution in [2.75, 3.05) is 47.5 Å². The predicted octanol–water partition coefficient (Wildman–Crippen LogP) is 4.25. The van der Waals surface area contributed by atoms with Gasteiger partial charge in [0.2, 0.25) is 18.6 Å². The largest absolute Gasteiger partial charge is 0.493 e. The summed E-state index contributed by atoms with van der Waals surface area (Å²) in [5.41, 5.74) is 11.5. The molecule has 1 aliphatic heterocycles. The van der Waals surface area contributed by atoms with E-state index in [9.17, 15) is 19.2 Å². The van der Waals surface area contributed by atoms with E-state index < -0.39 is 54.3 Å². The molecule has 2 rings (SSSR count). The Bertz CT molecular complexity index is 1300. The average molecular weight is 737 g/mol. The molecule has 0 saturated carbocycles. The maximum Gasteiger partial charge on any atom is 0.414 e. The monoisotopic (exact) mass is 736 g/mol. The van der Waals surface area contributed by atoms with Crippen molar-refractivity contribution < 1.29 is 47.6 Å². The van der Waals surface area contributed by atoms with Crippen molar-refractivity contribution in [3.63, 3.8) is 0 Å². The molecule has 5 N–H and O–H groups in total. The molecule has 14 heteroatoms. The van der Waals surface area contributed by atoms with Crippen molar-refractivity contribution in [3.05, 3.63) is 23.8 Å². The van der Waals surface area contributed by atoms with Gasteiger partial charge in [-0.25, -0.2) is 4.79 Å². The molecule has 3 amide bonds. The van der Waals surface area contributed by atoms with Crippen LogP contribution in [0.3, 0.4) is 0 Å². The van der Waals surface area contributed by atoms with Crippen LogP contribution in [0.4, 0.5) is 4.79 Å². The van der Waals surface area contributed by atoms with Gasteiger partial charge >= 0.3 is 12.1 Å². The summed E-state index contributed by atoms with van der Waals surface area (Å²) >= 11 is 0. The molecule has 5 unspecified atom stereocenters. The van der Waals surface area contributed by atoms with Gasteiger partial charge in [-0.3, -0.25) is 19.3 Å². The number of amides is 3. The second kappa shape index (κ2) is 21.2. The Morgan fingerprint density at radius 1 is 0.962 bits per heavy atom. The zero-order valence-electron chi connectivity index (χ0n) is 32.9. The summed E-state index contributed by atoms with van der Waals surface area (Å²) in [7, 11) is 3.25. The van der Waals surface area contributed by atoms with Crippen LogP contribution in [0, 0.1) is 35.0 Å². The Balaban J connectivity index is 2.35. The smallest absolute Gasteiger partial charge is 0.414 e. The summed E-state index contributed by atoms with van der Waals surface area (Å²) in [5.74, 6) is -0.563. The highest BCUT2D eigenvalue weighted by Crippen LogP contribution is 2.36. The Hall–Kier alpha value is -3.62. The second-order valence-electron chi connectivity index (χ2n) is 15.3. The molecule has 52 heavy (non-hydrogen) atoms. The van der Waals surface area contributed by atoms with Gasteiger partial charge in [-0.2, -0.15) is 0 Å². The van der Waals surface area contributed by atoms with E-state index in [1.54, 1.807) is 41.9 Å². The number of ether oxygens (including phenoxy) is 6. The Kier molecular flexibility index (Phi) is 18.1. The fourth-order valence-corrected chi connectivity index (χ4v) is 5.87. The van der Waals surface area contributed by atoms with Crippen LogP contribution in [-0.2, 0) is 39.8 Å². The van der Waals surface area contributed by atoms with Gasteiger partial charge in [0.25, 0.3) is 0 Å². The lowest BCUT2D eigenvalue weighted by molar-refractivity contribution is -0.155. The molecule has 5 atom stereocenters. The van der Waals surface area contributed by atoms with Gasteiger partial charge < -0.3 is 45.2 Å². The number of esters is 1. The summed E-state index contributed by atoms with van der Waals surface area (Å²) in [4.78, 5) is 52.7.